The van der Waals surface area contributed by atoms with Crippen LogP contribution in [0.1, 0.15) is 32.1 Å². The molecule has 0 amide bonds. The van der Waals surface area contributed by atoms with Crippen LogP contribution in [0.15, 0.2) is 0 Å². The molecule has 13 heavy (non-hydrogen) atoms. The molecular formula is C9H17NO2S. The molecule has 0 aromatic rings. The van der Waals surface area contributed by atoms with Gasteiger partial charge in [0.05, 0.1) is 6.26 Å². The largest absolute Gasteiger partial charge is 0.215 e. The maximum Gasteiger partial charge on any atom is 0.208 e. The first kappa shape index (κ1) is 9.46. The molecule has 0 aliphatic heterocycles. The van der Waals surface area contributed by atoms with E-state index in [-0.39, 0.29) is 0 Å². The first-order chi connectivity index (χ1) is 5.99. The Balaban J connectivity index is 1.70. The van der Waals surface area contributed by atoms with Crippen molar-refractivity contribution >= 4 is 10.0 Å². The van der Waals surface area contributed by atoms with E-state index in [1.54, 1.807) is 0 Å². The van der Waals surface area contributed by atoms with Crippen LogP contribution in [0.5, 0.6) is 0 Å². The highest BCUT2D eigenvalue weighted by Gasteiger charge is 2.47. The van der Waals surface area contributed by atoms with Crippen molar-refractivity contribution in [1.82, 2.24) is 4.72 Å². The van der Waals surface area contributed by atoms with E-state index in [1.165, 1.54) is 38.4 Å². The Labute approximate surface area is 80.0 Å². The van der Waals surface area contributed by atoms with E-state index in [9.17, 15) is 8.42 Å². The second-order valence-corrected chi connectivity index (χ2v) is 6.58. The lowest BCUT2D eigenvalue weighted by molar-refractivity contribution is -0.0215. The number of rotatable bonds is 3. The van der Waals surface area contributed by atoms with Crippen LogP contribution in [0.3, 0.4) is 0 Å². The van der Waals surface area contributed by atoms with Gasteiger partial charge in [0.15, 0.2) is 0 Å². The summed E-state index contributed by atoms with van der Waals surface area (Å²) in [5.74, 6) is 0.607. The lowest BCUT2D eigenvalue weighted by Gasteiger charge is -2.54. The maximum absolute atomic E-state index is 10.8. The number of nitrogens with one attached hydrogen (secondary N) is 1. The molecule has 4 heteroatoms. The van der Waals surface area contributed by atoms with Crippen LogP contribution in [0.2, 0.25) is 0 Å². The topological polar surface area (TPSA) is 46.2 Å². The normalized spacial score (nSPS) is 26.8. The van der Waals surface area contributed by atoms with Crippen molar-refractivity contribution in [3.05, 3.63) is 0 Å². The van der Waals surface area contributed by atoms with Gasteiger partial charge in [-0.15, -0.1) is 0 Å². The van der Waals surface area contributed by atoms with Gasteiger partial charge in [-0.25, -0.2) is 13.1 Å². The highest BCUT2D eigenvalue weighted by atomic mass is 32.2. The van der Waals surface area contributed by atoms with Crippen LogP contribution in [-0.2, 0) is 10.0 Å². The van der Waals surface area contributed by atoms with E-state index in [4.69, 9.17) is 0 Å². The van der Waals surface area contributed by atoms with Crippen molar-refractivity contribution in [2.24, 2.45) is 11.3 Å². The van der Waals surface area contributed by atoms with Crippen molar-refractivity contribution in [2.45, 2.75) is 32.1 Å². The predicted octanol–water partition coefficient (Wildman–Crippen LogP) is 1.12. The maximum atomic E-state index is 10.8. The molecule has 1 N–H and O–H groups in total. The van der Waals surface area contributed by atoms with Gasteiger partial charge in [-0.2, -0.15) is 0 Å². The molecule has 0 aromatic heterocycles. The van der Waals surface area contributed by atoms with Gasteiger partial charge in [-0.1, -0.05) is 6.42 Å². The van der Waals surface area contributed by atoms with Crippen molar-refractivity contribution in [3.8, 4) is 0 Å². The summed E-state index contributed by atoms with van der Waals surface area (Å²) in [6.07, 6.45) is 7.85. The summed E-state index contributed by atoms with van der Waals surface area (Å²) >= 11 is 0. The number of hydrogen-bond donors (Lipinski definition) is 1. The molecule has 0 saturated heterocycles. The lowest BCUT2D eigenvalue weighted by atomic mass is 9.52. The number of hydrogen-bond acceptors (Lipinski definition) is 2. The summed E-state index contributed by atoms with van der Waals surface area (Å²) in [6.45, 7) is 0.653. The van der Waals surface area contributed by atoms with Crippen LogP contribution in [0.4, 0.5) is 0 Å². The van der Waals surface area contributed by atoms with Gasteiger partial charge in [0.25, 0.3) is 0 Å². The van der Waals surface area contributed by atoms with Gasteiger partial charge >= 0.3 is 0 Å². The zero-order valence-corrected chi connectivity index (χ0v) is 8.86. The third kappa shape index (κ3) is 2.05. The van der Waals surface area contributed by atoms with Gasteiger partial charge in [0.2, 0.25) is 10.0 Å². The smallest absolute Gasteiger partial charge is 0.208 e. The Morgan fingerprint density at radius 3 is 2.38 bits per heavy atom. The molecule has 1 spiro atoms. The molecule has 76 valence electrons. The third-order valence-corrected chi connectivity index (χ3v) is 4.18. The average molecular weight is 203 g/mol. The Bertz CT molecular complexity index is 285. The fraction of sp³-hybridized carbons (Fsp3) is 1.00. The fourth-order valence-corrected chi connectivity index (χ4v) is 3.20. The second kappa shape index (κ2) is 2.95. The Kier molecular flexibility index (Phi) is 2.15. The SMILES string of the molecule is CS(=O)(=O)NCC1CC2(CCC2)C1. The molecular weight excluding hydrogens is 186 g/mol. The van der Waals surface area contributed by atoms with E-state index in [2.05, 4.69) is 4.72 Å². The monoisotopic (exact) mass is 203 g/mol. The summed E-state index contributed by atoms with van der Waals surface area (Å²) in [4.78, 5) is 0. The van der Waals surface area contributed by atoms with Crippen LogP contribution in [0, 0.1) is 11.3 Å². The highest BCUT2D eigenvalue weighted by molar-refractivity contribution is 7.88. The molecule has 0 atom stereocenters. The van der Waals surface area contributed by atoms with Gasteiger partial charge in [0, 0.05) is 6.54 Å². The Hall–Kier alpha value is -0.0900. The predicted molar refractivity (Wildman–Crippen MR) is 51.9 cm³/mol. The van der Waals surface area contributed by atoms with Crippen LogP contribution >= 0.6 is 0 Å². The zero-order chi connectivity index (χ0) is 9.53. The van der Waals surface area contributed by atoms with Crippen LogP contribution in [0.25, 0.3) is 0 Å². The summed E-state index contributed by atoms with van der Waals surface area (Å²) in [5.41, 5.74) is 0.657. The van der Waals surface area contributed by atoms with Crippen molar-refractivity contribution in [2.75, 3.05) is 12.8 Å². The van der Waals surface area contributed by atoms with Gasteiger partial charge in [-0.05, 0) is 37.0 Å². The molecule has 0 bridgehead atoms. The van der Waals surface area contributed by atoms with Crippen molar-refractivity contribution < 1.29 is 8.42 Å². The first-order valence-corrected chi connectivity index (χ1v) is 6.83. The van der Waals surface area contributed by atoms with E-state index in [0.717, 1.165) is 0 Å². The Morgan fingerprint density at radius 2 is 2.00 bits per heavy atom. The highest BCUT2D eigenvalue weighted by Crippen LogP contribution is 2.58. The molecule has 0 aromatic carbocycles. The summed E-state index contributed by atoms with van der Waals surface area (Å²) < 4.78 is 24.2. The molecule has 2 rings (SSSR count). The van der Waals surface area contributed by atoms with Gasteiger partial charge in [0.1, 0.15) is 0 Å². The average Bonchev–Trinajstić information content (AvgIpc) is 1.77. The summed E-state index contributed by atoms with van der Waals surface area (Å²) in [6, 6.07) is 0. The van der Waals surface area contributed by atoms with Gasteiger partial charge in [-0.3, -0.25) is 0 Å². The molecule has 0 radical (unpaired) electrons. The lowest BCUT2D eigenvalue weighted by Crippen LogP contribution is -2.46. The third-order valence-electron chi connectivity index (χ3n) is 3.49. The van der Waals surface area contributed by atoms with E-state index >= 15 is 0 Å². The minimum absolute atomic E-state index is 0.607. The Morgan fingerprint density at radius 1 is 1.38 bits per heavy atom. The second-order valence-electron chi connectivity index (χ2n) is 4.75. The quantitative estimate of drug-likeness (QED) is 0.747. The molecule has 0 heterocycles. The minimum atomic E-state index is -2.97. The van der Waals surface area contributed by atoms with Crippen molar-refractivity contribution in [3.63, 3.8) is 0 Å². The van der Waals surface area contributed by atoms with Crippen molar-refractivity contribution in [1.29, 1.82) is 0 Å². The molecule has 0 unspecified atom stereocenters. The minimum Gasteiger partial charge on any atom is -0.215 e. The summed E-state index contributed by atoms with van der Waals surface area (Å²) in [7, 11) is -2.97. The molecule has 2 saturated carbocycles. The summed E-state index contributed by atoms with van der Waals surface area (Å²) in [5, 5.41) is 0. The zero-order valence-electron chi connectivity index (χ0n) is 8.04. The number of sulfonamides is 1. The van der Waals surface area contributed by atoms with E-state index < -0.39 is 10.0 Å². The van der Waals surface area contributed by atoms with Crippen LogP contribution in [-0.4, -0.2) is 21.2 Å². The molecule has 2 aliphatic carbocycles. The van der Waals surface area contributed by atoms with Crippen LogP contribution < -0.4 is 4.72 Å². The van der Waals surface area contributed by atoms with Gasteiger partial charge < -0.3 is 0 Å². The molecule has 2 fully saturated rings. The fourth-order valence-electron chi connectivity index (χ4n) is 2.66. The molecule has 2 aliphatic rings. The van der Waals surface area contributed by atoms with E-state index in [1.807, 2.05) is 0 Å². The van der Waals surface area contributed by atoms with E-state index in [0.29, 0.717) is 17.9 Å². The first-order valence-electron chi connectivity index (χ1n) is 4.94. The standard InChI is InChI=1S/C9H17NO2S/c1-13(11,12)10-7-8-5-9(6-8)3-2-4-9/h8,10H,2-7H2,1H3. The molecule has 3 nitrogen and oxygen atoms in total.